The first-order valence-corrected chi connectivity index (χ1v) is 10.1. The Kier molecular flexibility index (Phi) is 13.0. The SMILES string of the molecule is CCCCCCCCCCCCN(C=C=CC(F)(F)F)C(=O)OC(C)(C)C. The Bertz CT molecular complexity index is 459. The summed E-state index contributed by atoms with van der Waals surface area (Å²) in [6.45, 7) is 7.69. The molecule has 3 nitrogen and oxygen atoms in total. The first-order valence-electron chi connectivity index (χ1n) is 10.1. The second-order valence-electron chi connectivity index (χ2n) is 7.84. The molecule has 0 radical (unpaired) electrons. The second kappa shape index (κ2) is 13.7. The highest BCUT2D eigenvalue weighted by molar-refractivity contribution is 5.69. The largest absolute Gasteiger partial charge is 0.443 e. The van der Waals surface area contributed by atoms with Crippen molar-refractivity contribution in [2.24, 2.45) is 0 Å². The number of hydrogen-bond acceptors (Lipinski definition) is 2. The van der Waals surface area contributed by atoms with Crippen LogP contribution in [0.3, 0.4) is 0 Å². The summed E-state index contributed by atoms with van der Waals surface area (Å²) >= 11 is 0. The Labute approximate surface area is 162 Å². The minimum atomic E-state index is -4.45. The molecule has 0 saturated carbocycles. The molecule has 27 heavy (non-hydrogen) atoms. The summed E-state index contributed by atoms with van der Waals surface area (Å²) in [6, 6.07) is 0. The van der Waals surface area contributed by atoms with Crippen LogP contribution in [0.4, 0.5) is 18.0 Å². The van der Waals surface area contributed by atoms with Gasteiger partial charge in [-0.15, -0.1) is 0 Å². The molecule has 0 aliphatic carbocycles. The lowest BCUT2D eigenvalue weighted by atomic mass is 10.1. The van der Waals surface area contributed by atoms with E-state index in [2.05, 4.69) is 6.92 Å². The lowest BCUT2D eigenvalue weighted by Gasteiger charge is -2.24. The minimum absolute atomic E-state index is 0.0110. The van der Waals surface area contributed by atoms with Crippen LogP contribution in [0.25, 0.3) is 0 Å². The van der Waals surface area contributed by atoms with Gasteiger partial charge in [-0.1, -0.05) is 70.4 Å². The molecule has 0 aliphatic rings. The molecule has 0 aromatic carbocycles. The van der Waals surface area contributed by atoms with Crippen LogP contribution in [-0.2, 0) is 4.74 Å². The van der Waals surface area contributed by atoms with Gasteiger partial charge in [0.15, 0.2) is 0 Å². The Morgan fingerprint density at radius 1 is 0.926 bits per heavy atom. The average Bonchev–Trinajstić information content (AvgIpc) is 2.52. The van der Waals surface area contributed by atoms with Crippen molar-refractivity contribution in [3.63, 3.8) is 0 Å². The maximum Gasteiger partial charge on any atom is 0.416 e. The monoisotopic (exact) mass is 391 g/mol. The average molecular weight is 392 g/mol. The number of carbonyl (C=O) groups is 1. The summed E-state index contributed by atoms with van der Waals surface area (Å²) < 4.78 is 41.9. The number of nitrogens with zero attached hydrogens (tertiary/aromatic N) is 1. The van der Waals surface area contributed by atoms with E-state index in [1.54, 1.807) is 20.8 Å². The van der Waals surface area contributed by atoms with Crippen LogP contribution < -0.4 is 0 Å². The van der Waals surface area contributed by atoms with E-state index in [-0.39, 0.29) is 6.08 Å². The fraction of sp³-hybridized carbons (Fsp3) is 0.810. The van der Waals surface area contributed by atoms with Gasteiger partial charge in [0, 0.05) is 6.54 Å². The van der Waals surface area contributed by atoms with Gasteiger partial charge in [-0.2, -0.15) is 13.2 Å². The van der Waals surface area contributed by atoms with Crippen LogP contribution >= 0.6 is 0 Å². The minimum Gasteiger partial charge on any atom is -0.443 e. The number of allylic oxidation sites excluding steroid dienone is 1. The van der Waals surface area contributed by atoms with Crippen molar-refractivity contribution in [3.05, 3.63) is 18.0 Å². The molecule has 0 heterocycles. The molecular weight excluding hydrogens is 355 g/mol. The van der Waals surface area contributed by atoms with Crippen LogP contribution in [-0.4, -0.2) is 29.3 Å². The molecule has 0 aliphatic heterocycles. The van der Waals surface area contributed by atoms with Crippen LogP contribution in [0, 0.1) is 0 Å². The van der Waals surface area contributed by atoms with Crippen molar-refractivity contribution < 1.29 is 22.7 Å². The van der Waals surface area contributed by atoms with Crippen molar-refractivity contribution >= 4 is 6.09 Å². The fourth-order valence-corrected chi connectivity index (χ4v) is 2.52. The topological polar surface area (TPSA) is 29.5 Å². The van der Waals surface area contributed by atoms with Gasteiger partial charge in [-0.05, 0) is 27.2 Å². The summed E-state index contributed by atoms with van der Waals surface area (Å²) in [4.78, 5) is 13.3. The molecule has 0 aromatic rings. The highest BCUT2D eigenvalue weighted by Crippen LogP contribution is 2.16. The third-order valence-electron chi connectivity index (χ3n) is 3.86. The molecule has 0 rings (SSSR count). The van der Waals surface area contributed by atoms with Gasteiger partial charge in [0.2, 0.25) is 0 Å². The van der Waals surface area contributed by atoms with E-state index < -0.39 is 17.9 Å². The van der Waals surface area contributed by atoms with Gasteiger partial charge >= 0.3 is 12.3 Å². The summed E-state index contributed by atoms with van der Waals surface area (Å²) in [5, 5.41) is 0. The van der Waals surface area contributed by atoms with E-state index in [0.29, 0.717) is 6.54 Å². The third-order valence-corrected chi connectivity index (χ3v) is 3.86. The third kappa shape index (κ3) is 17.7. The zero-order valence-corrected chi connectivity index (χ0v) is 17.3. The second-order valence-corrected chi connectivity index (χ2v) is 7.84. The van der Waals surface area contributed by atoms with Crippen LogP contribution in [0.5, 0.6) is 0 Å². The Morgan fingerprint density at radius 2 is 1.41 bits per heavy atom. The normalized spacial score (nSPS) is 11.7. The van der Waals surface area contributed by atoms with Crippen molar-refractivity contribution in [1.29, 1.82) is 0 Å². The van der Waals surface area contributed by atoms with E-state index in [1.165, 1.54) is 38.5 Å². The van der Waals surface area contributed by atoms with Gasteiger partial charge < -0.3 is 4.74 Å². The molecule has 158 valence electrons. The molecule has 0 fully saturated rings. The summed E-state index contributed by atoms with van der Waals surface area (Å²) in [7, 11) is 0. The highest BCUT2D eigenvalue weighted by atomic mass is 19.4. The molecule has 0 aromatic heterocycles. The smallest absolute Gasteiger partial charge is 0.416 e. The number of halogens is 3. The number of rotatable bonds is 12. The Hall–Kier alpha value is -1.42. The van der Waals surface area contributed by atoms with E-state index in [1.807, 2.05) is 5.73 Å². The summed E-state index contributed by atoms with van der Waals surface area (Å²) in [5.74, 6) is 0. The van der Waals surface area contributed by atoms with E-state index in [0.717, 1.165) is 36.8 Å². The first-order chi connectivity index (χ1) is 12.5. The van der Waals surface area contributed by atoms with Crippen LogP contribution in [0.2, 0.25) is 0 Å². The molecule has 0 N–H and O–H groups in total. The quantitative estimate of drug-likeness (QED) is 0.257. The van der Waals surface area contributed by atoms with E-state index >= 15 is 0 Å². The lowest BCUT2D eigenvalue weighted by Crippen LogP contribution is -2.34. The zero-order valence-electron chi connectivity index (χ0n) is 17.3. The molecule has 1 amide bonds. The summed E-state index contributed by atoms with van der Waals surface area (Å²) in [6.07, 6.45) is 7.41. The van der Waals surface area contributed by atoms with Crippen molar-refractivity contribution in [2.75, 3.05) is 6.54 Å². The van der Waals surface area contributed by atoms with Gasteiger partial charge in [0.1, 0.15) is 5.60 Å². The number of alkyl halides is 3. The fourth-order valence-electron chi connectivity index (χ4n) is 2.52. The number of ether oxygens (including phenoxy) is 1. The first kappa shape index (κ1) is 25.6. The molecule has 0 unspecified atom stereocenters. The Morgan fingerprint density at radius 3 is 1.85 bits per heavy atom. The van der Waals surface area contributed by atoms with Crippen molar-refractivity contribution in [2.45, 2.75) is 104 Å². The van der Waals surface area contributed by atoms with Gasteiger partial charge in [0.25, 0.3) is 0 Å². The number of carbonyl (C=O) groups excluding carboxylic acids is 1. The predicted octanol–water partition coefficient (Wildman–Crippen LogP) is 7.38. The molecule has 0 saturated heterocycles. The number of amides is 1. The maximum atomic E-state index is 12.2. The zero-order chi connectivity index (χ0) is 20.8. The molecule has 0 atom stereocenters. The van der Waals surface area contributed by atoms with Crippen LogP contribution in [0.1, 0.15) is 91.9 Å². The molecular formula is C21H36F3NO2. The van der Waals surface area contributed by atoms with Gasteiger partial charge in [-0.3, -0.25) is 4.90 Å². The standard InChI is InChI=1S/C21H36F3NO2/c1-5-6-7-8-9-10-11-12-13-14-17-25(18-15-16-21(22,23)24)19(26)27-20(2,3)4/h16,18H,5-14,17H2,1-4H3. The molecule has 0 bridgehead atoms. The molecule has 0 spiro atoms. The number of hydrogen-bond donors (Lipinski definition) is 0. The van der Waals surface area contributed by atoms with Crippen molar-refractivity contribution in [3.8, 4) is 0 Å². The van der Waals surface area contributed by atoms with E-state index in [4.69, 9.17) is 4.74 Å². The predicted molar refractivity (Wildman–Crippen MR) is 103 cm³/mol. The molecule has 6 heteroatoms. The Balaban J connectivity index is 4.29. The lowest BCUT2D eigenvalue weighted by molar-refractivity contribution is -0.0797. The van der Waals surface area contributed by atoms with E-state index in [9.17, 15) is 18.0 Å². The highest BCUT2D eigenvalue weighted by Gasteiger charge is 2.23. The van der Waals surface area contributed by atoms with Gasteiger partial charge in [0.05, 0.1) is 12.3 Å². The number of unbranched alkanes of at least 4 members (excludes halogenated alkanes) is 9. The summed E-state index contributed by atoms with van der Waals surface area (Å²) in [5.41, 5.74) is 1.33. The van der Waals surface area contributed by atoms with Gasteiger partial charge in [-0.25, -0.2) is 4.79 Å². The van der Waals surface area contributed by atoms with Crippen LogP contribution in [0.15, 0.2) is 18.0 Å². The van der Waals surface area contributed by atoms with Crippen molar-refractivity contribution in [1.82, 2.24) is 4.90 Å². The maximum absolute atomic E-state index is 12.2.